The molecule has 17 nitrogen and oxygen atoms in total. The van der Waals surface area contributed by atoms with Gasteiger partial charge in [0.15, 0.2) is 12.2 Å². The zero-order chi connectivity index (χ0) is 69.0. The number of rotatable bonds is 71. The minimum Gasteiger partial charge on any atom is -0.462 e. The third-order valence-corrected chi connectivity index (χ3v) is 17.9. The van der Waals surface area contributed by atoms with Crippen molar-refractivity contribution in [2.24, 2.45) is 0 Å². The van der Waals surface area contributed by atoms with Crippen molar-refractivity contribution in [3.8, 4) is 0 Å². The molecule has 0 saturated carbocycles. The van der Waals surface area contributed by atoms with Crippen molar-refractivity contribution in [1.29, 1.82) is 0 Å². The highest BCUT2D eigenvalue weighted by Gasteiger charge is 2.30. The van der Waals surface area contributed by atoms with Crippen LogP contribution in [-0.2, 0) is 65.4 Å². The first-order valence-electron chi connectivity index (χ1n) is 37.5. The van der Waals surface area contributed by atoms with Gasteiger partial charge in [-0.2, -0.15) is 0 Å². The molecular weight excluding hydrogens is 1230 g/mol. The molecule has 0 aliphatic heterocycles. The number of allylic oxidation sites excluding steroid dienone is 10. The quantitative estimate of drug-likeness (QED) is 0.0169. The summed E-state index contributed by atoms with van der Waals surface area (Å²) in [5.74, 6) is -2.18. The molecule has 0 spiro atoms. The molecule has 94 heavy (non-hydrogen) atoms. The Kier molecular flexibility index (Phi) is 65.9. The van der Waals surface area contributed by atoms with Gasteiger partial charge < -0.3 is 33.8 Å². The number of aliphatic hydroxyl groups is 1. The van der Waals surface area contributed by atoms with Crippen molar-refractivity contribution >= 4 is 39.5 Å². The molecular formula is C75H136O17P2. The van der Waals surface area contributed by atoms with Crippen LogP contribution < -0.4 is 0 Å². The SMILES string of the molecule is CC/C=C\C/C=C\C/C=C\CCCCCCCCCC(=O)OCC(COP(=O)(O)OCC(O)COP(=O)(O)OCC(COC(=O)CCCCCCC/C=C\CCCCCC)OC(=O)CCCCCCCCCCCCCCC)OC(=O)CCCCCCC/C=C\CCCC. The highest BCUT2D eigenvalue weighted by Crippen LogP contribution is 2.45. The van der Waals surface area contributed by atoms with Crippen molar-refractivity contribution < 1.29 is 80.2 Å². The summed E-state index contributed by atoms with van der Waals surface area (Å²) >= 11 is 0. The van der Waals surface area contributed by atoms with Crippen LogP contribution in [0.25, 0.3) is 0 Å². The summed E-state index contributed by atoms with van der Waals surface area (Å²) in [7, 11) is -9.93. The molecule has 0 rings (SSSR count). The van der Waals surface area contributed by atoms with E-state index in [-0.39, 0.29) is 25.7 Å². The number of carbonyl (C=O) groups excluding carboxylic acids is 4. The van der Waals surface area contributed by atoms with Gasteiger partial charge in [0.1, 0.15) is 19.3 Å². The minimum absolute atomic E-state index is 0.0853. The van der Waals surface area contributed by atoms with Crippen LogP contribution >= 0.6 is 15.6 Å². The zero-order valence-corrected chi connectivity index (χ0v) is 61.4. The second-order valence-corrected chi connectivity index (χ2v) is 28.1. The lowest BCUT2D eigenvalue weighted by molar-refractivity contribution is -0.161. The third kappa shape index (κ3) is 67.3. The smallest absolute Gasteiger partial charge is 0.462 e. The summed E-state index contributed by atoms with van der Waals surface area (Å²) in [6, 6.07) is 0. The van der Waals surface area contributed by atoms with Crippen LogP contribution in [0.15, 0.2) is 60.8 Å². The predicted octanol–water partition coefficient (Wildman–Crippen LogP) is 21.1. The molecule has 3 N–H and O–H groups in total. The van der Waals surface area contributed by atoms with Gasteiger partial charge in [-0.15, -0.1) is 0 Å². The first-order chi connectivity index (χ1) is 45.7. The largest absolute Gasteiger partial charge is 0.472 e. The summed E-state index contributed by atoms with van der Waals surface area (Å²) in [6.45, 7) is 4.72. The Labute approximate surface area is 571 Å². The van der Waals surface area contributed by atoms with E-state index < -0.39 is 97.5 Å². The molecule has 0 bridgehead atoms. The van der Waals surface area contributed by atoms with Gasteiger partial charge >= 0.3 is 39.5 Å². The number of carbonyl (C=O) groups is 4. The summed E-state index contributed by atoms with van der Waals surface area (Å²) in [6.07, 6.45) is 65.0. The van der Waals surface area contributed by atoms with Crippen molar-refractivity contribution in [1.82, 2.24) is 0 Å². The molecule has 19 heteroatoms. The first-order valence-corrected chi connectivity index (χ1v) is 40.5. The normalized spacial score (nSPS) is 14.3. The van der Waals surface area contributed by atoms with E-state index in [1.807, 2.05) is 0 Å². The van der Waals surface area contributed by atoms with E-state index >= 15 is 0 Å². The fraction of sp³-hybridized carbons (Fsp3) is 0.813. The van der Waals surface area contributed by atoms with Crippen LogP contribution in [0, 0.1) is 0 Å². The lowest BCUT2D eigenvalue weighted by atomic mass is 10.0. The van der Waals surface area contributed by atoms with Crippen LogP contribution in [0.4, 0.5) is 0 Å². The molecule has 0 radical (unpaired) electrons. The van der Waals surface area contributed by atoms with Gasteiger partial charge in [-0.3, -0.25) is 37.3 Å². The molecule has 5 atom stereocenters. The van der Waals surface area contributed by atoms with Gasteiger partial charge in [0.2, 0.25) is 0 Å². The van der Waals surface area contributed by atoms with E-state index in [1.165, 1.54) is 89.9 Å². The number of aliphatic hydroxyl groups excluding tert-OH is 1. The summed E-state index contributed by atoms with van der Waals surface area (Å²) in [4.78, 5) is 72.7. The fourth-order valence-corrected chi connectivity index (χ4v) is 11.8. The molecule has 0 aromatic heterocycles. The Morgan fingerprint density at radius 1 is 0.309 bits per heavy atom. The summed E-state index contributed by atoms with van der Waals surface area (Å²) in [5, 5.41) is 10.6. The molecule has 0 heterocycles. The van der Waals surface area contributed by atoms with E-state index in [4.69, 9.17) is 37.0 Å². The Hall–Kier alpha value is -3.24. The molecule has 5 unspecified atom stereocenters. The average Bonchev–Trinajstić information content (AvgIpc) is 1.32. The molecule has 0 amide bonds. The number of esters is 4. The first kappa shape index (κ1) is 90.8. The van der Waals surface area contributed by atoms with Crippen molar-refractivity contribution in [3.63, 3.8) is 0 Å². The lowest BCUT2D eigenvalue weighted by Gasteiger charge is -2.21. The molecule has 0 saturated heterocycles. The Morgan fingerprint density at radius 2 is 0.564 bits per heavy atom. The van der Waals surface area contributed by atoms with Crippen molar-refractivity contribution in [2.75, 3.05) is 39.6 Å². The maximum absolute atomic E-state index is 13.0. The van der Waals surface area contributed by atoms with E-state index in [1.54, 1.807) is 0 Å². The second kappa shape index (κ2) is 68.3. The minimum atomic E-state index is -4.97. The highest BCUT2D eigenvalue weighted by atomic mass is 31.2. The fourth-order valence-electron chi connectivity index (χ4n) is 10.2. The van der Waals surface area contributed by atoms with E-state index in [0.717, 1.165) is 167 Å². The van der Waals surface area contributed by atoms with Crippen LogP contribution in [0.1, 0.15) is 336 Å². The third-order valence-electron chi connectivity index (χ3n) is 16.0. The molecule has 0 fully saturated rings. The van der Waals surface area contributed by atoms with Gasteiger partial charge in [0.05, 0.1) is 26.4 Å². The van der Waals surface area contributed by atoms with Gasteiger partial charge in [0, 0.05) is 25.7 Å². The molecule has 0 aliphatic carbocycles. The van der Waals surface area contributed by atoms with E-state index in [0.29, 0.717) is 25.7 Å². The van der Waals surface area contributed by atoms with Crippen LogP contribution in [0.2, 0.25) is 0 Å². The van der Waals surface area contributed by atoms with E-state index in [9.17, 15) is 43.2 Å². The Morgan fingerprint density at radius 3 is 0.904 bits per heavy atom. The maximum atomic E-state index is 13.0. The lowest BCUT2D eigenvalue weighted by Crippen LogP contribution is -2.30. The number of ether oxygens (including phenoxy) is 4. The van der Waals surface area contributed by atoms with Gasteiger partial charge in [-0.25, -0.2) is 9.13 Å². The summed E-state index contributed by atoms with van der Waals surface area (Å²) in [5.41, 5.74) is 0. The topological polar surface area (TPSA) is 237 Å². The second-order valence-electron chi connectivity index (χ2n) is 25.2. The number of hydrogen-bond donors (Lipinski definition) is 3. The van der Waals surface area contributed by atoms with Crippen LogP contribution in [0.3, 0.4) is 0 Å². The van der Waals surface area contributed by atoms with E-state index in [2.05, 4.69) is 88.5 Å². The van der Waals surface area contributed by atoms with Gasteiger partial charge in [0.25, 0.3) is 0 Å². The van der Waals surface area contributed by atoms with Crippen molar-refractivity contribution in [3.05, 3.63) is 60.8 Å². The number of phosphoric ester groups is 2. The number of hydrogen-bond acceptors (Lipinski definition) is 15. The van der Waals surface area contributed by atoms with Gasteiger partial charge in [-0.1, -0.05) is 268 Å². The summed E-state index contributed by atoms with van der Waals surface area (Å²) < 4.78 is 68.4. The molecule has 0 aromatic rings. The van der Waals surface area contributed by atoms with Crippen LogP contribution in [0.5, 0.6) is 0 Å². The molecule has 0 aliphatic rings. The maximum Gasteiger partial charge on any atom is 0.472 e. The Bertz CT molecular complexity index is 2030. The van der Waals surface area contributed by atoms with Crippen LogP contribution in [-0.4, -0.2) is 96.7 Å². The highest BCUT2D eigenvalue weighted by molar-refractivity contribution is 7.47. The van der Waals surface area contributed by atoms with Gasteiger partial charge in [-0.05, 0) is 103 Å². The average molecular weight is 1370 g/mol. The molecule has 0 aromatic carbocycles. The molecule has 548 valence electrons. The zero-order valence-electron chi connectivity index (χ0n) is 59.6. The Balaban J connectivity index is 5.29. The standard InChI is InChI=1S/C75H136O17P2/c1-5-9-13-17-21-25-29-32-33-34-35-38-41-44-48-52-56-60-73(78)86-65-70(91-74(79)61-57-53-49-45-39-28-24-20-16-12-8-4)67-89-93(81,82)87-63-69(76)64-88-94(83,84)90-68-71(92-75(80)62-58-54-50-46-42-37-31-27-23-19-15-11-7-3)66-85-72(77)59-55-51-47-43-40-36-30-26-22-18-14-10-6-2/h9,13,20-21,24-26,30,32-33,69-71,76H,5-8,10-12,14-19,22-23,27-29,31,34-68H2,1-4H3,(H,81,82)(H,83,84)/b13-9-,24-20-,25-21-,30-26-,33-32-. The predicted molar refractivity (Wildman–Crippen MR) is 381 cm³/mol. The number of phosphoric acid groups is 2. The monoisotopic (exact) mass is 1370 g/mol. The van der Waals surface area contributed by atoms with Crippen molar-refractivity contribution in [2.45, 2.75) is 354 Å². The number of unbranched alkanes of at least 4 members (excludes halogenated alkanes) is 35.